The fraction of sp³-hybridized carbons (Fsp3) is 0.833. The standard InChI is InChI=1S/C12H23N3O3/c1-9(11(16)17)13-12(18)15-6-4-10(5-7-15)8-14(2)3/h9-10H,4-8H2,1-3H3,(H,13,18)(H,16,17)/t9-/m0/s1. The number of nitrogens with zero attached hydrogens (tertiary/aromatic N) is 2. The van der Waals surface area contributed by atoms with E-state index in [9.17, 15) is 9.59 Å². The predicted molar refractivity (Wildman–Crippen MR) is 68.5 cm³/mol. The van der Waals surface area contributed by atoms with Gasteiger partial charge >= 0.3 is 12.0 Å². The van der Waals surface area contributed by atoms with Crippen LogP contribution >= 0.6 is 0 Å². The molecule has 2 N–H and O–H groups in total. The summed E-state index contributed by atoms with van der Waals surface area (Å²) in [5.41, 5.74) is 0. The molecule has 1 rings (SSSR count). The first-order chi connectivity index (χ1) is 8.40. The Bertz CT molecular complexity index is 299. The number of aliphatic carboxylic acids is 1. The zero-order valence-electron chi connectivity index (χ0n) is 11.3. The molecule has 0 aromatic rings. The largest absolute Gasteiger partial charge is 0.480 e. The van der Waals surface area contributed by atoms with Crippen molar-refractivity contribution in [2.24, 2.45) is 5.92 Å². The van der Waals surface area contributed by atoms with Gasteiger partial charge in [-0.1, -0.05) is 0 Å². The smallest absolute Gasteiger partial charge is 0.325 e. The minimum atomic E-state index is -1.01. The Labute approximate surface area is 108 Å². The number of carbonyl (C=O) groups is 2. The van der Waals surface area contributed by atoms with Crippen molar-refractivity contribution in [3.8, 4) is 0 Å². The molecule has 2 amide bonds. The maximum Gasteiger partial charge on any atom is 0.325 e. The van der Waals surface area contributed by atoms with E-state index in [1.165, 1.54) is 6.92 Å². The minimum Gasteiger partial charge on any atom is -0.480 e. The summed E-state index contributed by atoms with van der Waals surface area (Å²) in [5.74, 6) is -0.383. The van der Waals surface area contributed by atoms with Crippen molar-refractivity contribution in [2.75, 3.05) is 33.7 Å². The number of rotatable bonds is 4. The molecule has 6 heteroatoms. The third-order valence-electron chi connectivity index (χ3n) is 3.24. The van der Waals surface area contributed by atoms with Crippen molar-refractivity contribution >= 4 is 12.0 Å². The van der Waals surface area contributed by atoms with Crippen molar-refractivity contribution in [1.82, 2.24) is 15.1 Å². The molecular weight excluding hydrogens is 234 g/mol. The third kappa shape index (κ3) is 4.52. The molecule has 0 aromatic heterocycles. The lowest BCUT2D eigenvalue weighted by atomic mass is 9.97. The highest BCUT2D eigenvalue weighted by atomic mass is 16.4. The van der Waals surface area contributed by atoms with Crippen LogP contribution in [0.4, 0.5) is 4.79 Å². The summed E-state index contributed by atoms with van der Waals surface area (Å²) in [6, 6.07) is -1.11. The topological polar surface area (TPSA) is 72.9 Å². The van der Waals surface area contributed by atoms with Gasteiger partial charge in [-0.05, 0) is 39.8 Å². The Morgan fingerprint density at radius 3 is 2.39 bits per heavy atom. The summed E-state index contributed by atoms with van der Waals surface area (Å²) >= 11 is 0. The first kappa shape index (κ1) is 14.8. The summed E-state index contributed by atoms with van der Waals surface area (Å²) in [5, 5.41) is 11.2. The van der Waals surface area contributed by atoms with Gasteiger partial charge in [-0.3, -0.25) is 4.79 Å². The van der Waals surface area contributed by atoms with Gasteiger partial charge in [-0.15, -0.1) is 0 Å². The fourth-order valence-electron chi connectivity index (χ4n) is 2.17. The second-order valence-electron chi connectivity index (χ2n) is 5.20. The Hall–Kier alpha value is -1.30. The summed E-state index contributed by atoms with van der Waals surface area (Å²) in [6.07, 6.45) is 1.96. The van der Waals surface area contributed by atoms with E-state index >= 15 is 0 Å². The summed E-state index contributed by atoms with van der Waals surface area (Å²) in [4.78, 5) is 26.3. The summed E-state index contributed by atoms with van der Waals surface area (Å²) < 4.78 is 0. The Balaban J connectivity index is 2.34. The number of carboxylic acid groups (broad SMARTS) is 1. The van der Waals surface area contributed by atoms with Crippen LogP contribution in [0.3, 0.4) is 0 Å². The zero-order valence-corrected chi connectivity index (χ0v) is 11.3. The number of carbonyl (C=O) groups excluding carboxylic acids is 1. The molecule has 1 saturated heterocycles. The number of carboxylic acids is 1. The number of hydrogen-bond donors (Lipinski definition) is 2. The second kappa shape index (κ2) is 6.58. The molecule has 0 bridgehead atoms. The van der Waals surface area contributed by atoms with Crippen LogP contribution in [0.2, 0.25) is 0 Å². The Morgan fingerprint density at radius 1 is 1.39 bits per heavy atom. The van der Waals surface area contributed by atoms with Crippen LogP contribution in [-0.4, -0.2) is 66.7 Å². The van der Waals surface area contributed by atoms with Gasteiger partial charge in [0.1, 0.15) is 6.04 Å². The van der Waals surface area contributed by atoms with Crippen molar-refractivity contribution in [3.63, 3.8) is 0 Å². The van der Waals surface area contributed by atoms with Gasteiger partial charge in [0.05, 0.1) is 0 Å². The lowest BCUT2D eigenvalue weighted by Gasteiger charge is -2.33. The van der Waals surface area contributed by atoms with Gasteiger partial charge in [-0.25, -0.2) is 4.79 Å². The Kier molecular flexibility index (Phi) is 5.40. The highest BCUT2D eigenvalue weighted by molar-refractivity contribution is 5.82. The van der Waals surface area contributed by atoms with Crippen molar-refractivity contribution in [2.45, 2.75) is 25.8 Å². The van der Waals surface area contributed by atoms with Gasteiger partial charge in [0.25, 0.3) is 0 Å². The number of amides is 2. The third-order valence-corrected chi connectivity index (χ3v) is 3.24. The Morgan fingerprint density at radius 2 is 1.94 bits per heavy atom. The molecule has 18 heavy (non-hydrogen) atoms. The van der Waals surface area contributed by atoms with Crippen molar-refractivity contribution in [1.29, 1.82) is 0 Å². The van der Waals surface area contributed by atoms with Gasteiger partial charge in [0.15, 0.2) is 0 Å². The monoisotopic (exact) mass is 257 g/mol. The number of piperidine rings is 1. The van der Waals surface area contributed by atoms with Gasteiger partial charge in [0, 0.05) is 19.6 Å². The van der Waals surface area contributed by atoms with Crippen LogP contribution < -0.4 is 5.32 Å². The summed E-state index contributed by atoms with van der Waals surface area (Å²) in [7, 11) is 4.10. The van der Waals surface area contributed by atoms with E-state index < -0.39 is 12.0 Å². The highest BCUT2D eigenvalue weighted by Crippen LogP contribution is 2.17. The number of nitrogens with one attached hydrogen (secondary N) is 1. The molecular formula is C12H23N3O3. The maximum absolute atomic E-state index is 11.8. The molecule has 1 aliphatic heterocycles. The quantitative estimate of drug-likeness (QED) is 0.766. The van der Waals surface area contributed by atoms with Crippen LogP contribution in [-0.2, 0) is 4.79 Å². The molecule has 0 unspecified atom stereocenters. The molecule has 104 valence electrons. The van der Waals surface area contributed by atoms with E-state index in [0.29, 0.717) is 19.0 Å². The first-order valence-corrected chi connectivity index (χ1v) is 6.33. The molecule has 0 aliphatic carbocycles. The average molecular weight is 257 g/mol. The molecule has 1 aliphatic rings. The van der Waals surface area contributed by atoms with Gasteiger partial charge in [0.2, 0.25) is 0 Å². The predicted octanol–water partition coefficient (Wildman–Crippen LogP) is 0.443. The van der Waals surface area contributed by atoms with Gasteiger partial charge in [-0.2, -0.15) is 0 Å². The van der Waals surface area contributed by atoms with Crippen LogP contribution in [0.1, 0.15) is 19.8 Å². The number of hydrogen-bond acceptors (Lipinski definition) is 3. The van der Waals surface area contributed by atoms with E-state index in [4.69, 9.17) is 5.11 Å². The van der Waals surface area contributed by atoms with E-state index in [1.807, 2.05) is 14.1 Å². The van der Waals surface area contributed by atoms with E-state index in [1.54, 1.807) is 4.90 Å². The molecule has 6 nitrogen and oxygen atoms in total. The van der Waals surface area contributed by atoms with Gasteiger partial charge < -0.3 is 20.2 Å². The van der Waals surface area contributed by atoms with E-state index in [2.05, 4.69) is 10.2 Å². The number of urea groups is 1. The fourth-order valence-corrected chi connectivity index (χ4v) is 2.17. The van der Waals surface area contributed by atoms with Crippen LogP contribution in [0.25, 0.3) is 0 Å². The SMILES string of the molecule is C[C@H](NC(=O)N1CCC(CN(C)C)CC1)C(=O)O. The molecule has 1 atom stereocenters. The maximum atomic E-state index is 11.8. The lowest BCUT2D eigenvalue weighted by molar-refractivity contribution is -0.138. The van der Waals surface area contributed by atoms with E-state index in [0.717, 1.165) is 19.4 Å². The molecule has 0 aromatic carbocycles. The van der Waals surface area contributed by atoms with Crippen LogP contribution in [0.15, 0.2) is 0 Å². The van der Waals surface area contributed by atoms with Crippen molar-refractivity contribution < 1.29 is 14.7 Å². The lowest BCUT2D eigenvalue weighted by Crippen LogP contribution is -2.49. The minimum absolute atomic E-state index is 0.270. The number of likely N-dealkylation sites (tertiary alicyclic amines) is 1. The van der Waals surface area contributed by atoms with Crippen LogP contribution in [0.5, 0.6) is 0 Å². The normalized spacial score (nSPS) is 18.8. The highest BCUT2D eigenvalue weighted by Gasteiger charge is 2.24. The van der Waals surface area contributed by atoms with Crippen LogP contribution in [0, 0.1) is 5.92 Å². The first-order valence-electron chi connectivity index (χ1n) is 6.33. The zero-order chi connectivity index (χ0) is 13.7. The molecule has 0 saturated carbocycles. The van der Waals surface area contributed by atoms with E-state index in [-0.39, 0.29) is 6.03 Å². The van der Waals surface area contributed by atoms with Crippen molar-refractivity contribution in [3.05, 3.63) is 0 Å². The summed E-state index contributed by atoms with van der Waals surface area (Å²) in [6.45, 7) is 3.92. The molecule has 0 radical (unpaired) electrons. The second-order valence-corrected chi connectivity index (χ2v) is 5.20. The molecule has 0 spiro atoms. The average Bonchev–Trinajstić information content (AvgIpc) is 2.28. The molecule has 1 fully saturated rings. The molecule has 1 heterocycles.